The molecule has 0 spiro atoms. The van der Waals surface area contributed by atoms with Crippen LogP contribution < -0.4 is 0 Å². The van der Waals surface area contributed by atoms with Crippen LogP contribution in [0.15, 0.2) is 0 Å². The monoisotopic (exact) mass is 325 g/mol. The smallest absolute Gasteiger partial charge is 0.175 e. The first-order valence-corrected chi connectivity index (χ1v) is 9.30. The van der Waals surface area contributed by atoms with Crippen molar-refractivity contribution in [1.82, 2.24) is 24.5 Å². The molecular weight excluding hydrogens is 294 g/mol. The number of piperidine rings is 2. The van der Waals surface area contributed by atoms with Gasteiger partial charge in [-0.3, -0.25) is 14.7 Å². The van der Waals surface area contributed by atoms with Crippen molar-refractivity contribution >= 4 is 17.3 Å². The van der Waals surface area contributed by atoms with Gasteiger partial charge in [0.25, 0.3) is 0 Å². The summed E-state index contributed by atoms with van der Waals surface area (Å²) in [5.41, 5.74) is 0. The highest BCUT2D eigenvalue weighted by Crippen LogP contribution is 2.16. The van der Waals surface area contributed by atoms with Gasteiger partial charge >= 0.3 is 0 Å². The summed E-state index contributed by atoms with van der Waals surface area (Å²) in [5, 5.41) is 1.05. The van der Waals surface area contributed by atoms with Crippen molar-refractivity contribution < 1.29 is 0 Å². The Morgan fingerprint density at radius 3 is 1.55 bits per heavy atom. The normalized spacial score (nSPS) is 26.7. The average molecular weight is 326 g/mol. The molecule has 3 aliphatic rings. The summed E-state index contributed by atoms with van der Waals surface area (Å²) in [4.78, 5) is 12.3. The van der Waals surface area contributed by atoms with E-state index < -0.39 is 0 Å². The Kier molecular flexibility index (Phi) is 5.90. The van der Waals surface area contributed by atoms with Gasteiger partial charge in [0.2, 0.25) is 0 Å². The summed E-state index contributed by atoms with van der Waals surface area (Å²) in [6, 6.07) is 0. The van der Waals surface area contributed by atoms with Crippen LogP contribution in [0.5, 0.6) is 0 Å². The summed E-state index contributed by atoms with van der Waals surface area (Å²) in [6.45, 7) is 8.85. The SMILES string of the molecule is CN1CN(CN2CCCCC2)C(=S)N(CN2CCCCC2)C1. The van der Waals surface area contributed by atoms with Crippen molar-refractivity contribution in [3.05, 3.63) is 0 Å². The molecule has 3 aliphatic heterocycles. The largest absolute Gasteiger partial charge is 0.323 e. The summed E-state index contributed by atoms with van der Waals surface area (Å²) in [5.74, 6) is 0. The molecule has 0 saturated carbocycles. The van der Waals surface area contributed by atoms with E-state index in [1.807, 2.05) is 0 Å². The second-order valence-electron chi connectivity index (χ2n) is 7.14. The van der Waals surface area contributed by atoms with Crippen LogP contribution in [0.4, 0.5) is 0 Å². The van der Waals surface area contributed by atoms with Crippen molar-refractivity contribution in [2.75, 3.05) is 59.9 Å². The van der Waals surface area contributed by atoms with E-state index in [4.69, 9.17) is 12.2 Å². The Hall–Kier alpha value is -0.430. The molecule has 0 bridgehead atoms. The molecule has 3 saturated heterocycles. The Balaban J connectivity index is 1.55. The lowest BCUT2D eigenvalue weighted by molar-refractivity contribution is 0.0356. The molecule has 0 aromatic heterocycles. The maximum atomic E-state index is 5.81. The number of thiocarbonyl (C=S) groups is 1. The van der Waals surface area contributed by atoms with Crippen molar-refractivity contribution in [1.29, 1.82) is 0 Å². The minimum atomic E-state index is 0.964. The fraction of sp³-hybridized carbons (Fsp3) is 0.938. The second-order valence-corrected chi connectivity index (χ2v) is 7.51. The number of nitrogens with zero attached hydrogens (tertiary/aromatic N) is 5. The van der Waals surface area contributed by atoms with E-state index in [-0.39, 0.29) is 0 Å². The van der Waals surface area contributed by atoms with E-state index in [2.05, 4.69) is 31.5 Å². The lowest BCUT2D eigenvalue weighted by Gasteiger charge is -2.46. The first-order chi connectivity index (χ1) is 10.7. The third-order valence-corrected chi connectivity index (χ3v) is 5.52. The minimum absolute atomic E-state index is 0.964. The zero-order chi connectivity index (χ0) is 15.4. The van der Waals surface area contributed by atoms with E-state index in [0.717, 1.165) is 31.8 Å². The Bertz CT molecular complexity index is 334. The molecule has 0 aromatic rings. The van der Waals surface area contributed by atoms with Crippen LogP contribution in [0.3, 0.4) is 0 Å². The molecular formula is C16H31N5S. The van der Waals surface area contributed by atoms with Crippen molar-refractivity contribution in [3.63, 3.8) is 0 Å². The molecule has 5 nitrogen and oxygen atoms in total. The summed E-state index contributed by atoms with van der Waals surface area (Å²) in [6.07, 6.45) is 8.15. The lowest BCUT2D eigenvalue weighted by atomic mass is 10.1. The van der Waals surface area contributed by atoms with Gasteiger partial charge in [0.15, 0.2) is 5.11 Å². The zero-order valence-electron chi connectivity index (χ0n) is 14.0. The molecule has 3 heterocycles. The van der Waals surface area contributed by atoms with Gasteiger partial charge in [-0.2, -0.15) is 0 Å². The summed E-state index contributed by atoms with van der Waals surface area (Å²) in [7, 11) is 2.20. The maximum absolute atomic E-state index is 5.81. The van der Waals surface area contributed by atoms with Gasteiger partial charge in [-0.1, -0.05) is 12.8 Å². The average Bonchev–Trinajstić information content (AvgIpc) is 2.54. The Morgan fingerprint density at radius 2 is 1.14 bits per heavy atom. The lowest BCUT2D eigenvalue weighted by Crippen LogP contribution is -2.61. The van der Waals surface area contributed by atoms with Crippen LogP contribution in [0.1, 0.15) is 38.5 Å². The van der Waals surface area contributed by atoms with Crippen LogP contribution in [0, 0.1) is 0 Å². The number of likely N-dealkylation sites (tertiary alicyclic amines) is 2. The Morgan fingerprint density at radius 1 is 0.727 bits per heavy atom. The fourth-order valence-corrected chi connectivity index (χ4v) is 4.07. The molecule has 0 amide bonds. The number of rotatable bonds is 4. The first kappa shape index (κ1) is 16.4. The Labute approximate surface area is 140 Å². The van der Waals surface area contributed by atoms with Crippen LogP contribution in [0.2, 0.25) is 0 Å². The summed E-state index contributed by atoms with van der Waals surface area (Å²) >= 11 is 5.81. The van der Waals surface area contributed by atoms with Gasteiger partial charge in [-0.15, -0.1) is 0 Å². The predicted molar refractivity (Wildman–Crippen MR) is 94.4 cm³/mol. The molecule has 126 valence electrons. The molecule has 0 aliphatic carbocycles. The minimum Gasteiger partial charge on any atom is -0.323 e. The molecule has 6 heteroatoms. The molecule has 3 rings (SSSR count). The van der Waals surface area contributed by atoms with E-state index in [0.29, 0.717) is 0 Å². The quantitative estimate of drug-likeness (QED) is 0.725. The van der Waals surface area contributed by atoms with Crippen molar-refractivity contribution in [3.8, 4) is 0 Å². The van der Waals surface area contributed by atoms with Crippen LogP contribution >= 0.6 is 12.2 Å². The first-order valence-electron chi connectivity index (χ1n) is 8.89. The van der Waals surface area contributed by atoms with Gasteiger partial charge < -0.3 is 9.80 Å². The van der Waals surface area contributed by atoms with E-state index >= 15 is 0 Å². The van der Waals surface area contributed by atoms with Gasteiger partial charge in [-0.25, -0.2) is 0 Å². The van der Waals surface area contributed by atoms with E-state index in [1.54, 1.807) is 0 Å². The van der Waals surface area contributed by atoms with Crippen LogP contribution in [-0.4, -0.2) is 89.5 Å². The highest BCUT2D eigenvalue weighted by atomic mass is 32.1. The zero-order valence-corrected chi connectivity index (χ0v) is 14.9. The van der Waals surface area contributed by atoms with Crippen LogP contribution in [0.25, 0.3) is 0 Å². The predicted octanol–water partition coefficient (Wildman–Crippen LogP) is 1.62. The highest BCUT2D eigenvalue weighted by Gasteiger charge is 2.28. The highest BCUT2D eigenvalue weighted by molar-refractivity contribution is 7.80. The number of hydrogen-bond donors (Lipinski definition) is 0. The van der Waals surface area contributed by atoms with Crippen molar-refractivity contribution in [2.45, 2.75) is 38.5 Å². The fourth-order valence-electron chi connectivity index (χ4n) is 3.84. The van der Waals surface area contributed by atoms with Crippen LogP contribution in [-0.2, 0) is 0 Å². The molecule has 22 heavy (non-hydrogen) atoms. The second kappa shape index (κ2) is 7.90. The van der Waals surface area contributed by atoms with Gasteiger partial charge in [-0.05, 0) is 71.1 Å². The van der Waals surface area contributed by atoms with Gasteiger partial charge in [0, 0.05) is 0 Å². The van der Waals surface area contributed by atoms with Gasteiger partial charge in [0.1, 0.15) is 0 Å². The molecule has 0 N–H and O–H groups in total. The standard InChI is InChI=1S/C16H31N5S/c1-17-12-20(14-18-8-4-2-5-9-18)16(22)21(13-17)15-19-10-6-3-7-11-19/h2-15H2,1H3. The third kappa shape index (κ3) is 4.31. The van der Waals surface area contributed by atoms with Crippen molar-refractivity contribution in [2.24, 2.45) is 0 Å². The summed E-state index contributed by atoms with van der Waals surface area (Å²) < 4.78 is 0. The molecule has 0 unspecified atom stereocenters. The van der Waals surface area contributed by atoms with Gasteiger partial charge in [0.05, 0.1) is 26.7 Å². The van der Waals surface area contributed by atoms with E-state index in [9.17, 15) is 0 Å². The molecule has 3 fully saturated rings. The van der Waals surface area contributed by atoms with E-state index in [1.165, 1.54) is 64.7 Å². The molecule has 0 radical (unpaired) electrons. The molecule has 0 aromatic carbocycles. The third-order valence-electron chi connectivity index (χ3n) is 5.00. The number of hydrogen-bond acceptors (Lipinski definition) is 4. The maximum Gasteiger partial charge on any atom is 0.175 e. The topological polar surface area (TPSA) is 16.2 Å². The molecule has 0 atom stereocenters.